The fourth-order valence-electron chi connectivity index (χ4n) is 2.37. The maximum Gasteiger partial charge on any atom is 0.306 e. The zero-order chi connectivity index (χ0) is 13.9. The zero-order valence-corrected chi connectivity index (χ0v) is 11.1. The lowest BCUT2D eigenvalue weighted by molar-refractivity contribution is -0.139. The Kier molecular flexibility index (Phi) is 3.88. The quantitative estimate of drug-likeness (QED) is 0.854. The molecule has 1 aliphatic carbocycles. The summed E-state index contributed by atoms with van der Waals surface area (Å²) < 4.78 is 0. The number of carbonyl (C=O) groups is 2. The summed E-state index contributed by atoms with van der Waals surface area (Å²) in [5.41, 5.74) is -0.0233. The maximum atomic E-state index is 12.1. The maximum absolute atomic E-state index is 12.1. The fraction of sp³-hybridized carbons (Fsp3) is 0.467. The van der Waals surface area contributed by atoms with E-state index in [0.717, 1.165) is 24.8 Å². The van der Waals surface area contributed by atoms with E-state index in [2.05, 4.69) is 5.32 Å². The molecule has 0 spiro atoms. The van der Waals surface area contributed by atoms with E-state index in [4.69, 9.17) is 5.11 Å². The molecule has 1 atom stereocenters. The van der Waals surface area contributed by atoms with Crippen molar-refractivity contribution in [3.63, 3.8) is 0 Å². The van der Waals surface area contributed by atoms with Gasteiger partial charge in [0.2, 0.25) is 5.91 Å². The van der Waals surface area contributed by atoms with Gasteiger partial charge in [0.05, 0.1) is 12.0 Å². The summed E-state index contributed by atoms with van der Waals surface area (Å²) in [6.45, 7) is 1.77. The van der Waals surface area contributed by atoms with Crippen LogP contribution in [-0.2, 0) is 15.1 Å². The van der Waals surface area contributed by atoms with Crippen molar-refractivity contribution in [2.75, 3.05) is 0 Å². The summed E-state index contributed by atoms with van der Waals surface area (Å²) in [5, 5.41) is 12.0. The van der Waals surface area contributed by atoms with E-state index in [1.807, 2.05) is 30.3 Å². The van der Waals surface area contributed by atoms with Crippen molar-refractivity contribution in [2.45, 2.75) is 38.1 Å². The third-order valence-corrected chi connectivity index (χ3v) is 3.79. The third kappa shape index (κ3) is 3.13. The van der Waals surface area contributed by atoms with Crippen LogP contribution < -0.4 is 5.32 Å². The Hall–Kier alpha value is -1.84. The smallest absolute Gasteiger partial charge is 0.306 e. The lowest BCUT2D eigenvalue weighted by atomic mass is 9.82. The number of nitrogens with one attached hydrogen (secondary N) is 1. The van der Waals surface area contributed by atoms with E-state index in [-0.39, 0.29) is 18.2 Å². The zero-order valence-electron chi connectivity index (χ0n) is 11.1. The van der Waals surface area contributed by atoms with Crippen LogP contribution in [0.4, 0.5) is 0 Å². The van der Waals surface area contributed by atoms with Crippen LogP contribution in [0, 0.1) is 5.92 Å². The number of benzene rings is 1. The van der Waals surface area contributed by atoms with Crippen molar-refractivity contribution >= 4 is 11.9 Å². The molecule has 1 saturated carbocycles. The lowest BCUT2D eigenvalue weighted by Crippen LogP contribution is -2.48. The molecule has 1 amide bonds. The van der Waals surface area contributed by atoms with Crippen LogP contribution in [0.15, 0.2) is 30.3 Å². The van der Waals surface area contributed by atoms with Gasteiger partial charge in [0.1, 0.15) is 0 Å². The molecule has 102 valence electrons. The Morgan fingerprint density at radius 2 is 1.95 bits per heavy atom. The summed E-state index contributed by atoms with van der Waals surface area (Å²) in [5.74, 6) is -0.893. The number of amides is 1. The van der Waals surface area contributed by atoms with E-state index >= 15 is 0 Å². The molecule has 0 bridgehead atoms. The minimum absolute atomic E-state index is 0.0288. The van der Waals surface area contributed by atoms with Gasteiger partial charge < -0.3 is 10.4 Å². The molecular weight excluding hydrogens is 242 g/mol. The van der Waals surface area contributed by atoms with Gasteiger partial charge >= 0.3 is 5.97 Å². The highest BCUT2D eigenvalue weighted by Gasteiger charge is 2.35. The summed E-state index contributed by atoms with van der Waals surface area (Å²) in [7, 11) is 0. The van der Waals surface area contributed by atoms with Crippen molar-refractivity contribution in [2.24, 2.45) is 5.92 Å². The molecule has 0 saturated heterocycles. The second-order valence-electron chi connectivity index (χ2n) is 5.39. The predicted molar refractivity (Wildman–Crippen MR) is 71.5 cm³/mol. The van der Waals surface area contributed by atoms with Crippen LogP contribution in [0.1, 0.15) is 38.2 Å². The van der Waals surface area contributed by atoms with Crippen molar-refractivity contribution in [1.82, 2.24) is 5.32 Å². The molecule has 4 heteroatoms. The van der Waals surface area contributed by atoms with Crippen LogP contribution in [-0.4, -0.2) is 17.0 Å². The molecule has 1 aromatic rings. The van der Waals surface area contributed by atoms with E-state index < -0.39 is 11.5 Å². The Bertz CT molecular complexity index is 468. The molecule has 1 unspecified atom stereocenters. The first kappa shape index (κ1) is 13.6. The van der Waals surface area contributed by atoms with Crippen molar-refractivity contribution < 1.29 is 14.7 Å². The molecule has 0 heterocycles. The normalized spacial score (nSPS) is 18.2. The number of rotatable bonds is 5. The van der Waals surface area contributed by atoms with Gasteiger partial charge in [-0.1, -0.05) is 36.8 Å². The molecule has 0 aliphatic heterocycles. The number of carbonyl (C=O) groups excluding carboxylic acids is 1. The monoisotopic (exact) mass is 261 g/mol. The number of carboxylic acid groups (broad SMARTS) is 1. The van der Waals surface area contributed by atoms with E-state index in [1.165, 1.54) is 0 Å². The number of hydrogen-bond acceptors (Lipinski definition) is 2. The average Bonchev–Trinajstić information content (AvgIpc) is 2.26. The summed E-state index contributed by atoms with van der Waals surface area (Å²) in [6.07, 6.45) is 2.78. The van der Waals surface area contributed by atoms with E-state index in [0.29, 0.717) is 0 Å². The van der Waals surface area contributed by atoms with Gasteiger partial charge in [0.15, 0.2) is 0 Å². The molecule has 0 radical (unpaired) electrons. The summed E-state index contributed by atoms with van der Waals surface area (Å²) >= 11 is 0. The van der Waals surface area contributed by atoms with Crippen molar-refractivity contribution in [1.29, 1.82) is 0 Å². The second kappa shape index (κ2) is 5.43. The minimum atomic E-state index is -0.916. The van der Waals surface area contributed by atoms with Gasteiger partial charge in [-0.15, -0.1) is 0 Å². The fourth-order valence-corrected chi connectivity index (χ4v) is 2.37. The SMILES string of the molecule is CC(CC(=O)O)(NC(=O)C1CCC1)c1ccccc1. The molecule has 2 rings (SSSR count). The van der Waals surface area contributed by atoms with Gasteiger partial charge in [-0.2, -0.15) is 0 Å². The van der Waals surface area contributed by atoms with Gasteiger partial charge in [-0.25, -0.2) is 0 Å². The topological polar surface area (TPSA) is 66.4 Å². The highest BCUT2D eigenvalue weighted by Crippen LogP contribution is 2.30. The highest BCUT2D eigenvalue weighted by atomic mass is 16.4. The molecule has 4 nitrogen and oxygen atoms in total. The number of aliphatic carboxylic acids is 1. The average molecular weight is 261 g/mol. The first-order valence-electron chi connectivity index (χ1n) is 6.60. The van der Waals surface area contributed by atoms with Crippen LogP contribution in [0.5, 0.6) is 0 Å². The van der Waals surface area contributed by atoms with Gasteiger partial charge in [0, 0.05) is 5.92 Å². The predicted octanol–water partition coefficient (Wildman–Crippen LogP) is 2.29. The number of hydrogen-bond donors (Lipinski definition) is 2. The van der Waals surface area contributed by atoms with Gasteiger partial charge in [0.25, 0.3) is 0 Å². The van der Waals surface area contributed by atoms with Crippen molar-refractivity contribution in [3.8, 4) is 0 Å². The molecular formula is C15H19NO3. The Morgan fingerprint density at radius 1 is 1.32 bits per heavy atom. The van der Waals surface area contributed by atoms with E-state index in [9.17, 15) is 9.59 Å². The summed E-state index contributed by atoms with van der Waals surface area (Å²) in [6, 6.07) is 9.28. The van der Waals surface area contributed by atoms with Crippen LogP contribution >= 0.6 is 0 Å². The third-order valence-electron chi connectivity index (χ3n) is 3.79. The molecule has 19 heavy (non-hydrogen) atoms. The largest absolute Gasteiger partial charge is 0.481 e. The standard InChI is InChI=1S/C15H19NO3/c1-15(10-13(17)18,12-8-3-2-4-9-12)16-14(19)11-6-5-7-11/h2-4,8-9,11H,5-7,10H2,1H3,(H,16,19)(H,17,18). The Labute approximate surface area is 112 Å². The lowest BCUT2D eigenvalue weighted by Gasteiger charge is -2.34. The molecule has 1 fully saturated rings. The van der Waals surface area contributed by atoms with E-state index in [1.54, 1.807) is 6.92 Å². The molecule has 0 aromatic heterocycles. The van der Waals surface area contributed by atoms with Gasteiger partial charge in [-0.05, 0) is 25.3 Å². The van der Waals surface area contributed by atoms with Crippen LogP contribution in [0.25, 0.3) is 0 Å². The Balaban J connectivity index is 2.19. The van der Waals surface area contributed by atoms with Gasteiger partial charge in [-0.3, -0.25) is 9.59 Å². The first-order chi connectivity index (χ1) is 9.01. The minimum Gasteiger partial charge on any atom is -0.481 e. The highest BCUT2D eigenvalue weighted by molar-refractivity contribution is 5.81. The molecule has 1 aromatic carbocycles. The van der Waals surface area contributed by atoms with Crippen LogP contribution in [0.2, 0.25) is 0 Å². The first-order valence-corrected chi connectivity index (χ1v) is 6.60. The number of carboxylic acids is 1. The molecule has 2 N–H and O–H groups in total. The van der Waals surface area contributed by atoms with Crippen molar-refractivity contribution in [3.05, 3.63) is 35.9 Å². The van der Waals surface area contributed by atoms with Crippen LogP contribution in [0.3, 0.4) is 0 Å². The Morgan fingerprint density at radius 3 is 2.42 bits per heavy atom. The summed E-state index contributed by atoms with van der Waals surface area (Å²) in [4.78, 5) is 23.2. The second-order valence-corrected chi connectivity index (χ2v) is 5.39. The molecule has 1 aliphatic rings.